The van der Waals surface area contributed by atoms with Gasteiger partial charge in [-0.3, -0.25) is 9.69 Å². The molecule has 3 nitrogen and oxygen atoms in total. The molecule has 23 heavy (non-hydrogen) atoms. The number of thiocarbonyl (C=S) groups is 1. The maximum Gasteiger partial charge on any atom is 0.270 e. The number of halogens is 1. The summed E-state index contributed by atoms with van der Waals surface area (Å²) in [5.74, 6) is 0.455. The van der Waals surface area contributed by atoms with Crippen molar-refractivity contribution >= 4 is 57.6 Å². The number of para-hydroxylation sites is 2. The van der Waals surface area contributed by atoms with Crippen LogP contribution in [0.25, 0.3) is 6.08 Å². The van der Waals surface area contributed by atoms with E-state index >= 15 is 0 Å². The molecule has 0 bridgehead atoms. The Morgan fingerprint density at radius 1 is 1.17 bits per heavy atom. The number of thioether (sulfide) groups is 1. The molecule has 116 valence electrons. The first-order chi connectivity index (χ1) is 11.1. The van der Waals surface area contributed by atoms with Crippen LogP contribution < -0.4 is 9.64 Å². The number of carbonyl (C=O) groups is 1. The van der Waals surface area contributed by atoms with Gasteiger partial charge in [-0.15, -0.1) is 0 Å². The monoisotopic (exact) mass is 361 g/mol. The normalized spacial score (nSPS) is 16.3. The lowest BCUT2D eigenvalue weighted by atomic mass is 10.2. The van der Waals surface area contributed by atoms with Crippen LogP contribution >= 0.6 is 35.6 Å². The second kappa shape index (κ2) is 6.74. The molecule has 0 aromatic heterocycles. The van der Waals surface area contributed by atoms with E-state index in [1.165, 1.54) is 16.7 Å². The first-order valence-electron chi connectivity index (χ1n) is 6.76. The van der Waals surface area contributed by atoms with E-state index in [0.29, 0.717) is 25.7 Å². The second-order valence-electron chi connectivity index (χ2n) is 4.74. The van der Waals surface area contributed by atoms with E-state index in [0.717, 1.165) is 5.56 Å². The van der Waals surface area contributed by atoms with Gasteiger partial charge in [0.05, 0.1) is 17.7 Å². The first-order valence-corrected chi connectivity index (χ1v) is 8.37. The Morgan fingerprint density at radius 3 is 2.57 bits per heavy atom. The first kappa shape index (κ1) is 16.1. The van der Waals surface area contributed by atoms with Gasteiger partial charge in [0.15, 0.2) is 4.32 Å². The molecule has 1 fully saturated rings. The summed E-state index contributed by atoms with van der Waals surface area (Å²) in [7, 11) is 1.57. The van der Waals surface area contributed by atoms with E-state index in [2.05, 4.69) is 0 Å². The van der Waals surface area contributed by atoms with Crippen LogP contribution in [0.1, 0.15) is 5.56 Å². The summed E-state index contributed by atoms with van der Waals surface area (Å²) < 4.78 is 5.81. The summed E-state index contributed by atoms with van der Waals surface area (Å²) in [5.41, 5.74) is 1.55. The third-order valence-electron chi connectivity index (χ3n) is 3.29. The van der Waals surface area contributed by atoms with Crippen molar-refractivity contribution in [2.75, 3.05) is 12.0 Å². The molecule has 0 unspecified atom stereocenters. The molecule has 1 saturated heterocycles. The minimum absolute atomic E-state index is 0.153. The van der Waals surface area contributed by atoms with E-state index in [9.17, 15) is 4.79 Å². The third kappa shape index (κ3) is 3.27. The van der Waals surface area contributed by atoms with Crippen LogP contribution in [-0.4, -0.2) is 17.3 Å². The number of methoxy groups -OCH3 is 1. The lowest BCUT2D eigenvalue weighted by Crippen LogP contribution is -2.27. The van der Waals surface area contributed by atoms with Crippen LogP contribution in [0.15, 0.2) is 53.4 Å². The van der Waals surface area contributed by atoms with Crippen LogP contribution in [0.4, 0.5) is 5.69 Å². The van der Waals surface area contributed by atoms with Crippen molar-refractivity contribution in [1.29, 1.82) is 0 Å². The predicted octanol–water partition coefficient (Wildman–Crippen LogP) is 4.75. The van der Waals surface area contributed by atoms with Gasteiger partial charge in [0.2, 0.25) is 0 Å². The van der Waals surface area contributed by atoms with E-state index < -0.39 is 0 Å². The van der Waals surface area contributed by atoms with Crippen LogP contribution in [0.3, 0.4) is 0 Å². The fourth-order valence-electron chi connectivity index (χ4n) is 2.20. The number of hydrogen-bond donors (Lipinski definition) is 0. The molecule has 0 saturated carbocycles. The second-order valence-corrected chi connectivity index (χ2v) is 6.85. The molecule has 0 aliphatic carbocycles. The Hall–Kier alpha value is -1.82. The standard InChI is InChI=1S/C17H12ClNO2S2/c1-21-14-5-3-2-4-13(14)19-16(20)15(23-17(19)22)10-11-6-8-12(18)9-7-11/h2-10H,1H3/b15-10+. The summed E-state index contributed by atoms with van der Waals surface area (Å²) in [6.07, 6.45) is 1.81. The minimum Gasteiger partial charge on any atom is -0.495 e. The fraction of sp³-hybridized carbons (Fsp3) is 0.0588. The molecule has 0 radical (unpaired) electrons. The highest BCUT2D eigenvalue weighted by atomic mass is 35.5. The van der Waals surface area contributed by atoms with E-state index in [1.807, 2.05) is 36.4 Å². The highest BCUT2D eigenvalue weighted by molar-refractivity contribution is 8.27. The van der Waals surface area contributed by atoms with E-state index in [1.54, 1.807) is 25.3 Å². The van der Waals surface area contributed by atoms with Gasteiger partial charge in [0, 0.05) is 5.02 Å². The summed E-state index contributed by atoms with van der Waals surface area (Å²) in [6.45, 7) is 0. The highest BCUT2D eigenvalue weighted by Gasteiger charge is 2.34. The van der Waals surface area contributed by atoms with Crippen molar-refractivity contribution in [2.24, 2.45) is 0 Å². The maximum absolute atomic E-state index is 12.7. The van der Waals surface area contributed by atoms with Crippen molar-refractivity contribution < 1.29 is 9.53 Å². The van der Waals surface area contributed by atoms with Gasteiger partial charge in [-0.2, -0.15) is 0 Å². The Balaban J connectivity index is 1.95. The van der Waals surface area contributed by atoms with Crippen LogP contribution in [0.2, 0.25) is 5.02 Å². The summed E-state index contributed by atoms with van der Waals surface area (Å²) in [4.78, 5) is 14.8. The molecule has 0 N–H and O–H groups in total. The number of ether oxygens (including phenoxy) is 1. The zero-order chi connectivity index (χ0) is 16.4. The highest BCUT2D eigenvalue weighted by Crippen LogP contribution is 2.39. The van der Waals surface area contributed by atoms with Crippen molar-refractivity contribution in [1.82, 2.24) is 0 Å². The lowest BCUT2D eigenvalue weighted by molar-refractivity contribution is -0.113. The number of carbonyl (C=O) groups excluding carboxylic acids is 1. The Bertz CT molecular complexity index is 802. The van der Waals surface area contributed by atoms with Crippen LogP contribution in [0.5, 0.6) is 5.75 Å². The molecular formula is C17H12ClNO2S2. The molecule has 6 heteroatoms. The zero-order valence-electron chi connectivity index (χ0n) is 12.2. The Morgan fingerprint density at radius 2 is 1.87 bits per heavy atom. The van der Waals surface area contributed by atoms with Gasteiger partial charge in [-0.1, -0.05) is 59.8 Å². The van der Waals surface area contributed by atoms with Crippen molar-refractivity contribution in [3.8, 4) is 5.75 Å². The SMILES string of the molecule is COc1ccccc1N1C(=O)/C(=C\c2ccc(Cl)cc2)SC1=S. The number of benzene rings is 2. The molecule has 1 heterocycles. The fourth-order valence-corrected chi connectivity index (χ4v) is 3.61. The van der Waals surface area contributed by atoms with E-state index in [-0.39, 0.29) is 5.91 Å². The van der Waals surface area contributed by atoms with Crippen molar-refractivity contribution in [3.63, 3.8) is 0 Å². The van der Waals surface area contributed by atoms with Gasteiger partial charge in [-0.05, 0) is 35.9 Å². The van der Waals surface area contributed by atoms with Gasteiger partial charge in [0.25, 0.3) is 5.91 Å². The topological polar surface area (TPSA) is 29.5 Å². The maximum atomic E-state index is 12.7. The van der Waals surface area contributed by atoms with E-state index in [4.69, 9.17) is 28.6 Å². The molecule has 1 aliphatic rings. The molecule has 2 aromatic rings. The smallest absolute Gasteiger partial charge is 0.270 e. The lowest BCUT2D eigenvalue weighted by Gasteiger charge is -2.17. The minimum atomic E-state index is -0.153. The number of rotatable bonds is 3. The molecule has 1 amide bonds. The van der Waals surface area contributed by atoms with Crippen LogP contribution in [-0.2, 0) is 4.79 Å². The average molecular weight is 362 g/mol. The molecular weight excluding hydrogens is 350 g/mol. The average Bonchev–Trinajstić information content (AvgIpc) is 2.83. The van der Waals surface area contributed by atoms with Crippen molar-refractivity contribution in [2.45, 2.75) is 0 Å². The Kier molecular flexibility index (Phi) is 4.71. The molecule has 3 rings (SSSR count). The summed E-state index contributed by atoms with van der Waals surface area (Å²) in [6, 6.07) is 14.6. The Labute approximate surface area is 148 Å². The molecule has 1 aliphatic heterocycles. The number of amides is 1. The summed E-state index contributed by atoms with van der Waals surface area (Å²) >= 11 is 12.5. The van der Waals surface area contributed by atoms with Crippen molar-refractivity contribution in [3.05, 3.63) is 64.0 Å². The molecule has 2 aromatic carbocycles. The number of anilines is 1. The number of hydrogen-bond acceptors (Lipinski definition) is 4. The molecule has 0 atom stereocenters. The zero-order valence-corrected chi connectivity index (χ0v) is 14.5. The molecule has 0 spiro atoms. The van der Waals surface area contributed by atoms with Crippen LogP contribution in [0, 0.1) is 0 Å². The van der Waals surface area contributed by atoms with Gasteiger partial charge in [-0.25, -0.2) is 0 Å². The number of nitrogens with zero attached hydrogens (tertiary/aromatic N) is 1. The van der Waals surface area contributed by atoms with Gasteiger partial charge < -0.3 is 4.74 Å². The quantitative estimate of drug-likeness (QED) is 0.582. The summed E-state index contributed by atoms with van der Waals surface area (Å²) in [5, 5.41) is 0.656. The predicted molar refractivity (Wildman–Crippen MR) is 100 cm³/mol. The van der Waals surface area contributed by atoms with Gasteiger partial charge >= 0.3 is 0 Å². The third-order valence-corrected chi connectivity index (χ3v) is 4.84. The van der Waals surface area contributed by atoms with Gasteiger partial charge in [0.1, 0.15) is 5.75 Å². The largest absolute Gasteiger partial charge is 0.495 e.